The number of hydrogen-bond acceptors (Lipinski definition) is 2. The Labute approximate surface area is 129 Å². The molecule has 120 valence electrons. The smallest absolute Gasteiger partial charge is 0.303 e. The van der Waals surface area contributed by atoms with Gasteiger partial charge in [-0.05, 0) is 38.5 Å². The number of rotatable bonds is 13. The summed E-state index contributed by atoms with van der Waals surface area (Å²) >= 11 is 0. The van der Waals surface area contributed by atoms with Gasteiger partial charge in [-0.3, -0.25) is 4.79 Å². The van der Waals surface area contributed by atoms with Crippen molar-refractivity contribution in [3.63, 3.8) is 0 Å². The van der Waals surface area contributed by atoms with Crippen LogP contribution in [0.1, 0.15) is 64.7 Å². The minimum Gasteiger partial charge on any atom is -0.481 e. The molecule has 2 N–H and O–H groups in total. The van der Waals surface area contributed by atoms with E-state index in [9.17, 15) is 9.90 Å². The average molecular weight is 294 g/mol. The summed E-state index contributed by atoms with van der Waals surface area (Å²) in [5.74, 6) is -0.772. The summed E-state index contributed by atoms with van der Waals surface area (Å²) in [5, 5.41) is 18.1. The third-order valence-electron chi connectivity index (χ3n) is 3.13. The third-order valence-corrected chi connectivity index (χ3v) is 3.13. The molecule has 0 saturated carbocycles. The summed E-state index contributed by atoms with van der Waals surface area (Å²) < 4.78 is 0. The highest BCUT2D eigenvalue weighted by Crippen LogP contribution is 2.05. The standard InChI is InChI=1S/C18H30O3/c1-2-3-4-5-6-7-8-9-10-11-14-17(19)15-12-13-16-18(20)21/h6-7,9-11,14,17,19H,2-5,8,12-13,15-16H2,1H3,(H,20,21)/b7-6-,10-9-,14-11-. The van der Waals surface area contributed by atoms with Crippen LogP contribution < -0.4 is 0 Å². The zero-order valence-corrected chi connectivity index (χ0v) is 13.2. The van der Waals surface area contributed by atoms with E-state index in [0.717, 1.165) is 19.3 Å². The van der Waals surface area contributed by atoms with Crippen LogP contribution in [0.25, 0.3) is 0 Å². The number of aliphatic carboxylic acids is 1. The first-order chi connectivity index (χ1) is 10.2. The Bertz CT molecular complexity index is 329. The van der Waals surface area contributed by atoms with Gasteiger partial charge in [-0.25, -0.2) is 0 Å². The Morgan fingerprint density at radius 3 is 2.57 bits per heavy atom. The van der Waals surface area contributed by atoms with Crippen LogP contribution in [-0.2, 0) is 4.79 Å². The molecule has 3 nitrogen and oxygen atoms in total. The average Bonchev–Trinajstić information content (AvgIpc) is 2.45. The molecule has 0 heterocycles. The lowest BCUT2D eigenvalue weighted by atomic mass is 10.1. The maximum Gasteiger partial charge on any atom is 0.303 e. The predicted molar refractivity (Wildman–Crippen MR) is 88.3 cm³/mol. The quantitative estimate of drug-likeness (QED) is 0.296. The maximum atomic E-state index is 10.3. The number of unbranched alkanes of at least 4 members (excludes halogenated alkanes) is 4. The van der Waals surface area contributed by atoms with Crippen LogP contribution in [0, 0.1) is 0 Å². The lowest BCUT2D eigenvalue weighted by Crippen LogP contribution is -2.02. The van der Waals surface area contributed by atoms with Crippen molar-refractivity contribution in [2.45, 2.75) is 70.8 Å². The van der Waals surface area contributed by atoms with E-state index >= 15 is 0 Å². The molecule has 0 aromatic heterocycles. The second-order valence-electron chi connectivity index (χ2n) is 5.22. The molecular formula is C18H30O3. The molecule has 0 amide bonds. The Balaban J connectivity index is 3.55. The van der Waals surface area contributed by atoms with Crippen molar-refractivity contribution in [2.24, 2.45) is 0 Å². The van der Waals surface area contributed by atoms with Crippen molar-refractivity contribution >= 4 is 5.97 Å². The molecule has 0 spiro atoms. The van der Waals surface area contributed by atoms with Gasteiger partial charge in [0, 0.05) is 6.42 Å². The third kappa shape index (κ3) is 16.6. The molecular weight excluding hydrogens is 264 g/mol. The monoisotopic (exact) mass is 294 g/mol. The molecule has 0 aromatic carbocycles. The summed E-state index contributed by atoms with van der Waals surface area (Å²) in [7, 11) is 0. The summed E-state index contributed by atoms with van der Waals surface area (Å²) in [4.78, 5) is 10.3. The minimum absolute atomic E-state index is 0.181. The van der Waals surface area contributed by atoms with E-state index in [1.54, 1.807) is 6.08 Å². The lowest BCUT2D eigenvalue weighted by Gasteiger charge is -2.03. The van der Waals surface area contributed by atoms with Crippen molar-refractivity contribution < 1.29 is 15.0 Å². The number of aliphatic hydroxyl groups excluding tert-OH is 1. The number of aliphatic hydroxyl groups is 1. The van der Waals surface area contributed by atoms with E-state index in [2.05, 4.69) is 25.2 Å². The summed E-state index contributed by atoms with van der Waals surface area (Å²) in [6, 6.07) is 0. The van der Waals surface area contributed by atoms with Gasteiger partial charge in [0.05, 0.1) is 6.10 Å². The molecule has 0 aliphatic rings. The zero-order chi connectivity index (χ0) is 15.8. The SMILES string of the molecule is CCCCC/C=C\C/C=C\C=C/C(O)CCCCC(=O)O. The van der Waals surface area contributed by atoms with E-state index in [4.69, 9.17) is 5.11 Å². The van der Waals surface area contributed by atoms with Gasteiger partial charge in [0.1, 0.15) is 0 Å². The number of carboxylic acids is 1. The van der Waals surface area contributed by atoms with Gasteiger partial charge < -0.3 is 10.2 Å². The maximum absolute atomic E-state index is 10.3. The van der Waals surface area contributed by atoms with Crippen LogP contribution in [0.3, 0.4) is 0 Å². The molecule has 0 saturated heterocycles. The number of carboxylic acid groups (broad SMARTS) is 1. The zero-order valence-electron chi connectivity index (χ0n) is 13.2. The lowest BCUT2D eigenvalue weighted by molar-refractivity contribution is -0.137. The molecule has 0 rings (SSSR count). The van der Waals surface area contributed by atoms with Gasteiger partial charge in [0.2, 0.25) is 0 Å². The van der Waals surface area contributed by atoms with E-state index < -0.39 is 12.1 Å². The van der Waals surface area contributed by atoms with Gasteiger partial charge in [-0.2, -0.15) is 0 Å². The highest BCUT2D eigenvalue weighted by molar-refractivity contribution is 5.66. The molecule has 0 aliphatic carbocycles. The van der Waals surface area contributed by atoms with Gasteiger partial charge in [-0.15, -0.1) is 0 Å². The van der Waals surface area contributed by atoms with Crippen molar-refractivity contribution in [3.8, 4) is 0 Å². The minimum atomic E-state index is -0.772. The first-order valence-corrected chi connectivity index (χ1v) is 8.05. The fourth-order valence-corrected chi connectivity index (χ4v) is 1.88. The van der Waals surface area contributed by atoms with Gasteiger partial charge >= 0.3 is 5.97 Å². The highest BCUT2D eigenvalue weighted by Gasteiger charge is 2.00. The summed E-state index contributed by atoms with van der Waals surface area (Å²) in [6.07, 6.45) is 19.6. The van der Waals surface area contributed by atoms with Crippen LogP contribution in [0.4, 0.5) is 0 Å². The highest BCUT2D eigenvalue weighted by atomic mass is 16.4. The molecule has 0 aliphatic heterocycles. The van der Waals surface area contributed by atoms with Crippen molar-refractivity contribution in [1.82, 2.24) is 0 Å². The number of carbonyl (C=O) groups is 1. The number of allylic oxidation sites excluding steroid dienone is 5. The molecule has 0 radical (unpaired) electrons. The van der Waals surface area contributed by atoms with Crippen LogP contribution in [0.5, 0.6) is 0 Å². The molecule has 0 bridgehead atoms. The van der Waals surface area contributed by atoms with Crippen molar-refractivity contribution in [3.05, 3.63) is 36.5 Å². The van der Waals surface area contributed by atoms with E-state index in [0.29, 0.717) is 12.8 Å². The molecule has 1 unspecified atom stereocenters. The van der Waals surface area contributed by atoms with Crippen LogP contribution in [-0.4, -0.2) is 22.3 Å². The first kappa shape index (κ1) is 19.7. The summed E-state index contributed by atoms with van der Waals surface area (Å²) in [6.45, 7) is 2.21. The molecule has 0 fully saturated rings. The Morgan fingerprint density at radius 2 is 1.86 bits per heavy atom. The number of hydrogen-bond donors (Lipinski definition) is 2. The van der Waals surface area contributed by atoms with Crippen molar-refractivity contribution in [1.29, 1.82) is 0 Å². The van der Waals surface area contributed by atoms with E-state index in [1.165, 1.54) is 19.3 Å². The molecule has 21 heavy (non-hydrogen) atoms. The van der Waals surface area contributed by atoms with Gasteiger partial charge in [0.15, 0.2) is 0 Å². The van der Waals surface area contributed by atoms with Gasteiger partial charge in [-0.1, -0.05) is 56.2 Å². The molecule has 1 atom stereocenters. The Morgan fingerprint density at radius 1 is 1.05 bits per heavy atom. The Hall–Kier alpha value is -1.35. The molecule has 0 aromatic rings. The fraction of sp³-hybridized carbons (Fsp3) is 0.611. The van der Waals surface area contributed by atoms with Crippen LogP contribution in [0.15, 0.2) is 36.5 Å². The van der Waals surface area contributed by atoms with Crippen LogP contribution in [0.2, 0.25) is 0 Å². The normalized spacial score (nSPS) is 13.6. The largest absolute Gasteiger partial charge is 0.481 e. The van der Waals surface area contributed by atoms with Crippen LogP contribution >= 0.6 is 0 Å². The second-order valence-corrected chi connectivity index (χ2v) is 5.22. The van der Waals surface area contributed by atoms with Gasteiger partial charge in [0.25, 0.3) is 0 Å². The summed E-state index contributed by atoms with van der Waals surface area (Å²) in [5.41, 5.74) is 0. The Kier molecular flexibility index (Phi) is 14.1. The van der Waals surface area contributed by atoms with Crippen molar-refractivity contribution in [2.75, 3.05) is 0 Å². The van der Waals surface area contributed by atoms with E-state index in [-0.39, 0.29) is 6.42 Å². The topological polar surface area (TPSA) is 57.5 Å². The fourth-order valence-electron chi connectivity index (χ4n) is 1.88. The second kappa shape index (κ2) is 15.0. The predicted octanol–water partition coefficient (Wildman–Crippen LogP) is 4.63. The first-order valence-electron chi connectivity index (χ1n) is 8.05. The van der Waals surface area contributed by atoms with E-state index in [1.807, 2.05) is 12.2 Å². The molecule has 3 heteroatoms.